The van der Waals surface area contributed by atoms with Gasteiger partial charge < -0.3 is 0 Å². The summed E-state index contributed by atoms with van der Waals surface area (Å²) >= 11 is 0. The Morgan fingerprint density at radius 1 is 0.667 bits per heavy atom. The first-order chi connectivity index (χ1) is 11.3. The number of hydrogen-bond acceptors (Lipinski definition) is 3. The second kappa shape index (κ2) is 11.7. The van der Waals surface area contributed by atoms with Gasteiger partial charge in [-0.3, -0.25) is 4.21 Å². The molecule has 1 saturated carbocycles. The predicted molar refractivity (Wildman–Crippen MR) is 106 cm³/mol. The second-order valence-electron chi connectivity index (χ2n) is 8.11. The van der Waals surface area contributed by atoms with Crippen molar-refractivity contribution < 1.29 is 12.6 Å². The summed E-state index contributed by atoms with van der Waals surface area (Å²) in [7, 11) is -3.08. The Labute approximate surface area is 152 Å². The Bertz CT molecular complexity index is 429. The van der Waals surface area contributed by atoms with E-state index >= 15 is 0 Å². The maximum atomic E-state index is 10.8. The Hall–Kier alpha value is 0.1000. The van der Waals surface area contributed by atoms with E-state index in [0.29, 0.717) is 17.4 Å². The van der Waals surface area contributed by atoms with Gasteiger partial charge in [-0.2, -0.15) is 0 Å². The fourth-order valence-corrected chi connectivity index (χ4v) is 6.49. The summed E-state index contributed by atoms with van der Waals surface area (Å²) in [5.41, 5.74) is 0. The lowest BCUT2D eigenvalue weighted by molar-refractivity contribution is 0.385. The van der Waals surface area contributed by atoms with Gasteiger partial charge in [0.2, 0.25) is 0 Å². The molecule has 2 saturated heterocycles. The summed E-state index contributed by atoms with van der Waals surface area (Å²) in [6.45, 7) is 6.70. The van der Waals surface area contributed by atoms with Crippen molar-refractivity contribution in [1.82, 2.24) is 0 Å². The molecule has 3 rings (SSSR count). The standard InChI is InChI=1S/C7H14.C6H12O2S.C6H12OS/c1-7-5-3-2-4-6-7;1-6-2-4-9(7,8)5-3-6;1-6-2-4-8(7)5-3-6/h7H,2-6H2,1H3;6H,2-5H2,1H3;6H,2-5H2,1H3. The molecule has 2 heterocycles. The van der Waals surface area contributed by atoms with Crippen LogP contribution in [0.15, 0.2) is 0 Å². The molecular weight excluding hydrogens is 340 g/mol. The largest absolute Gasteiger partial charge is 0.260 e. The van der Waals surface area contributed by atoms with Gasteiger partial charge in [0.05, 0.1) is 11.5 Å². The molecule has 0 aromatic carbocycles. The van der Waals surface area contributed by atoms with Crippen LogP contribution in [0.1, 0.15) is 78.6 Å². The predicted octanol–water partition coefficient (Wildman–Crippen LogP) is 4.58. The molecule has 0 N–H and O–H groups in total. The number of rotatable bonds is 0. The van der Waals surface area contributed by atoms with Crippen molar-refractivity contribution in [3.8, 4) is 0 Å². The van der Waals surface area contributed by atoms with Gasteiger partial charge >= 0.3 is 0 Å². The van der Waals surface area contributed by atoms with E-state index in [1.807, 2.05) is 0 Å². The molecule has 0 aromatic rings. The van der Waals surface area contributed by atoms with Crippen molar-refractivity contribution in [3.63, 3.8) is 0 Å². The third-order valence-electron chi connectivity index (χ3n) is 5.41. The zero-order chi connectivity index (χ0) is 18.0. The second-order valence-corrected chi connectivity index (χ2v) is 12.1. The first-order valence-electron chi connectivity index (χ1n) is 9.84. The molecule has 3 nitrogen and oxygen atoms in total. The first kappa shape index (κ1) is 22.1. The highest BCUT2D eigenvalue weighted by molar-refractivity contribution is 7.91. The van der Waals surface area contributed by atoms with Crippen LogP contribution in [0.3, 0.4) is 0 Å². The van der Waals surface area contributed by atoms with Crippen LogP contribution in [-0.2, 0) is 20.6 Å². The molecule has 24 heavy (non-hydrogen) atoms. The van der Waals surface area contributed by atoms with E-state index in [-0.39, 0.29) is 0 Å². The van der Waals surface area contributed by atoms with E-state index in [0.717, 1.165) is 36.2 Å². The van der Waals surface area contributed by atoms with Gasteiger partial charge in [-0.05, 0) is 43.4 Å². The quantitative estimate of drug-likeness (QED) is 0.620. The first-order valence-corrected chi connectivity index (χ1v) is 13.1. The van der Waals surface area contributed by atoms with Crippen molar-refractivity contribution in [2.45, 2.75) is 78.6 Å². The topological polar surface area (TPSA) is 51.2 Å². The highest BCUT2D eigenvalue weighted by Crippen LogP contribution is 2.22. The fraction of sp³-hybridized carbons (Fsp3) is 1.00. The zero-order valence-corrected chi connectivity index (χ0v) is 17.6. The van der Waals surface area contributed by atoms with Gasteiger partial charge in [-0.15, -0.1) is 0 Å². The van der Waals surface area contributed by atoms with Gasteiger partial charge in [0.15, 0.2) is 0 Å². The molecule has 5 heteroatoms. The van der Waals surface area contributed by atoms with Gasteiger partial charge in [0, 0.05) is 22.3 Å². The summed E-state index contributed by atoms with van der Waals surface area (Å²) in [4.78, 5) is 0. The minimum atomic E-state index is -2.62. The van der Waals surface area contributed by atoms with E-state index < -0.39 is 20.6 Å². The van der Waals surface area contributed by atoms with Crippen LogP contribution in [-0.4, -0.2) is 35.6 Å². The minimum absolute atomic E-state index is 0.411. The molecule has 0 aromatic heterocycles. The van der Waals surface area contributed by atoms with E-state index in [2.05, 4.69) is 20.8 Å². The third-order valence-corrected chi connectivity index (χ3v) is 8.51. The van der Waals surface area contributed by atoms with E-state index in [4.69, 9.17) is 0 Å². The Morgan fingerprint density at radius 2 is 1.08 bits per heavy atom. The molecular formula is C19H38O3S2. The van der Waals surface area contributed by atoms with Crippen LogP contribution in [0.5, 0.6) is 0 Å². The van der Waals surface area contributed by atoms with E-state index in [9.17, 15) is 12.6 Å². The molecule has 0 radical (unpaired) electrons. The van der Waals surface area contributed by atoms with Crippen molar-refractivity contribution in [1.29, 1.82) is 0 Å². The maximum absolute atomic E-state index is 10.8. The summed E-state index contributed by atoms with van der Waals surface area (Å²) < 4.78 is 32.3. The zero-order valence-electron chi connectivity index (χ0n) is 16.0. The third kappa shape index (κ3) is 10.9. The van der Waals surface area contributed by atoms with Crippen molar-refractivity contribution >= 4 is 20.6 Å². The normalized spacial score (nSPS) is 31.1. The molecule has 0 bridgehead atoms. The molecule has 2 aliphatic heterocycles. The Kier molecular flexibility index (Phi) is 10.8. The molecule has 144 valence electrons. The van der Waals surface area contributed by atoms with E-state index in [1.165, 1.54) is 44.9 Å². The summed E-state index contributed by atoms with van der Waals surface area (Å²) in [6.07, 6.45) is 11.5. The Balaban J connectivity index is 0.000000181. The molecule has 0 unspecified atom stereocenters. The lowest BCUT2D eigenvalue weighted by Crippen LogP contribution is -2.21. The summed E-state index contributed by atoms with van der Waals surface area (Å²) in [5.74, 6) is 5.19. The number of sulfone groups is 1. The van der Waals surface area contributed by atoms with Gasteiger partial charge in [0.1, 0.15) is 9.84 Å². The lowest BCUT2D eigenvalue weighted by Gasteiger charge is -2.16. The van der Waals surface area contributed by atoms with Gasteiger partial charge in [-0.25, -0.2) is 8.42 Å². The highest BCUT2D eigenvalue weighted by atomic mass is 32.2. The Morgan fingerprint density at radius 3 is 1.42 bits per heavy atom. The highest BCUT2D eigenvalue weighted by Gasteiger charge is 2.19. The minimum Gasteiger partial charge on any atom is -0.260 e. The average molecular weight is 379 g/mol. The smallest absolute Gasteiger partial charge is 0.150 e. The monoisotopic (exact) mass is 378 g/mol. The average Bonchev–Trinajstić information content (AvgIpc) is 2.55. The van der Waals surface area contributed by atoms with Crippen molar-refractivity contribution in [3.05, 3.63) is 0 Å². The van der Waals surface area contributed by atoms with Crippen molar-refractivity contribution in [2.24, 2.45) is 17.8 Å². The van der Waals surface area contributed by atoms with Crippen LogP contribution in [0, 0.1) is 17.8 Å². The summed E-state index contributed by atoms with van der Waals surface area (Å²) in [5, 5.41) is 0. The molecule has 3 fully saturated rings. The lowest BCUT2D eigenvalue weighted by atomic mass is 9.91. The molecule has 0 spiro atoms. The van der Waals surface area contributed by atoms with Gasteiger partial charge in [-0.1, -0.05) is 52.9 Å². The van der Waals surface area contributed by atoms with Crippen LogP contribution in [0.25, 0.3) is 0 Å². The molecule has 1 aliphatic carbocycles. The maximum Gasteiger partial charge on any atom is 0.150 e. The van der Waals surface area contributed by atoms with Crippen LogP contribution >= 0.6 is 0 Å². The fourth-order valence-electron chi connectivity index (χ4n) is 3.23. The molecule has 3 aliphatic rings. The van der Waals surface area contributed by atoms with Crippen molar-refractivity contribution in [2.75, 3.05) is 23.0 Å². The van der Waals surface area contributed by atoms with E-state index in [1.54, 1.807) is 0 Å². The molecule has 0 atom stereocenters. The number of hydrogen-bond donors (Lipinski definition) is 0. The van der Waals surface area contributed by atoms with Crippen LogP contribution in [0.4, 0.5) is 0 Å². The SMILES string of the molecule is CC1CCCCC1.CC1CCS(=O)(=O)CC1.CC1CCS(=O)CC1. The molecule has 0 amide bonds. The van der Waals surface area contributed by atoms with Crippen LogP contribution in [0.2, 0.25) is 0 Å². The van der Waals surface area contributed by atoms with Gasteiger partial charge in [0.25, 0.3) is 0 Å². The summed E-state index contributed by atoms with van der Waals surface area (Å²) in [6, 6.07) is 0. The van der Waals surface area contributed by atoms with Crippen LogP contribution < -0.4 is 0 Å².